The largest absolute Gasteiger partial charge is 0.297 e. The first-order valence-corrected chi connectivity index (χ1v) is 8.57. The van der Waals surface area contributed by atoms with E-state index in [0.29, 0.717) is 10.7 Å². The molecular weight excluding hydrogens is 328 g/mol. The number of nitrogens with one attached hydrogen (secondary N) is 1. The number of nitrogens with zero attached hydrogens (tertiary/aromatic N) is 3. The third-order valence-corrected chi connectivity index (χ3v) is 4.68. The summed E-state index contributed by atoms with van der Waals surface area (Å²) in [6.45, 7) is 1.88. The van der Waals surface area contributed by atoms with Crippen LogP contribution in [0.1, 0.15) is 18.1 Å². The summed E-state index contributed by atoms with van der Waals surface area (Å²) in [4.78, 5) is 11.6. The summed E-state index contributed by atoms with van der Waals surface area (Å²) in [6, 6.07) is 9.51. The summed E-state index contributed by atoms with van der Waals surface area (Å²) < 4.78 is 0.780. The fourth-order valence-corrected chi connectivity index (χ4v) is 3.25. The molecule has 0 fully saturated rings. The molecule has 0 radical (unpaired) electrons. The van der Waals surface area contributed by atoms with E-state index >= 15 is 0 Å². The summed E-state index contributed by atoms with van der Waals surface area (Å²) in [6.07, 6.45) is 6.72. The van der Waals surface area contributed by atoms with E-state index in [1.54, 1.807) is 24.3 Å². The van der Waals surface area contributed by atoms with E-state index in [4.69, 9.17) is 5.26 Å². The van der Waals surface area contributed by atoms with Gasteiger partial charge in [-0.25, -0.2) is 0 Å². The molecule has 0 saturated heterocycles. The zero-order chi connectivity index (χ0) is 16.5. The summed E-state index contributed by atoms with van der Waals surface area (Å²) in [5, 5.41) is 19.9. The number of carbonyl (C=O) groups is 1. The van der Waals surface area contributed by atoms with Gasteiger partial charge in [0.15, 0.2) is 4.34 Å². The van der Waals surface area contributed by atoms with Crippen LogP contribution in [0.5, 0.6) is 0 Å². The summed E-state index contributed by atoms with van der Waals surface area (Å²) in [5.41, 5.74) is 1.75. The van der Waals surface area contributed by atoms with Gasteiger partial charge in [-0.15, -0.1) is 10.2 Å². The average Bonchev–Trinajstić information content (AvgIpc) is 3.01. The van der Waals surface area contributed by atoms with Gasteiger partial charge in [-0.1, -0.05) is 53.5 Å². The van der Waals surface area contributed by atoms with Gasteiger partial charge in [0.2, 0.25) is 11.0 Å². The number of anilines is 1. The molecule has 5 nitrogen and oxygen atoms in total. The highest BCUT2D eigenvalue weighted by Crippen LogP contribution is 2.28. The van der Waals surface area contributed by atoms with Crippen molar-refractivity contribution in [3.05, 3.63) is 59.7 Å². The van der Waals surface area contributed by atoms with Crippen LogP contribution in [0.4, 0.5) is 5.13 Å². The number of rotatable bonds is 6. The summed E-state index contributed by atoms with van der Waals surface area (Å²) >= 11 is 2.87. The fourth-order valence-electron chi connectivity index (χ4n) is 1.54. The van der Waals surface area contributed by atoms with E-state index < -0.39 is 0 Å². The zero-order valence-corrected chi connectivity index (χ0v) is 14.0. The van der Waals surface area contributed by atoms with Gasteiger partial charge in [-0.3, -0.25) is 10.1 Å². The second-order valence-corrected chi connectivity index (χ2v) is 6.54. The standard InChI is InChI=1S/C16H14N4OS2/c1-2-3-4-5-14(21)18-15-19-20-16(23-15)22-11-13-8-6-12(10-17)7-9-13/h2-9H,11H2,1H3,(H,18,19,21)/b3-2+,5-4+. The average molecular weight is 342 g/mol. The second-order valence-electron chi connectivity index (χ2n) is 4.34. The van der Waals surface area contributed by atoms with Crippen molar-refractivity contribution in [1.29, 1.82) is 5.26 Å². The molecule has 1 N–H and O–H groups in total. The highest BCUT2D eigenvalue weighted by Gasteiger charge is 2.07. The van der Waals surface area contributed by atoms with Crippen molar-refractivity contribution in [2.45, 2.75) is 17.0 Å². The molecule has 0 aliphatic carbocycles. The number of thioether (sulfide) groups is 1. The van der Waals surface area contributed by atoms with Crippen LogP contribution in [0, 0.1) is 11.3 Å². The molecule has 2 aromatic rings. The predicted molar refractivity (Wildman–Crippen MR) is 93.2 cm³/mol. The van der Waals surface area contributed by atoms with E-state index in [0.717, 1.165) is 15.7 Å². The zero-order valence-electron chi connectivity index (χ0n) is 12.4. The molecule has 1 amide bonds. The SMILES string of the molecule is C/C=C/C=C/C(=O)Nc1nnc(SCc2ccc(C#N)cc2)s1. The molecule has 0 atom stereocenters. The van der Waals surface area contributed by atoms with Crippen LogP contribution in [-0.4, -0.2) is 16.1 Å². The summed E-state index contributed by atoms with van der Waals surface area (Å²) in [7, 11) is 0. The van der Waals surface area contributed by atoms with E-state index in [1.807, 2.05) is 25.1 Å². The Balaban J connectivity index is 1.86. The molecule has 0 saturated carbocycles. The lowest BCUT2D eigenvalue weighted by Crippen LogP contribution is -2.07. The summed E-state index contributed by atoms with van der Waals surface area (Å²) in [5.74, 6) is 0.498. The smallest absolute Gasteiger partial charge is 0.250 e. The van der Waals surface area contributed by atoms with Crippen LogP contribution in [0.3, 0.4) is 0 Å². The molecule has 1 aromatic carbocycles. The van der Waals surface area contributed by atoms with Gasteiger partial charge < -0.3 is 0 Å². The van der Waals surface area contributed by atoms with Gasteiger partial charge >= 0.3 is 0 Å². The van der Waals surface area contributed by atoms with Crippen molar-refractivity contribution >= 4 is 34.1 Å². The van der Waals surface area contributed by atoms with Crippen molar-refractivity contribution in [3.8, 4) is 6.07 Å². The van der Waals surface area contributed by atoms with Crippen LogP contribution in [0.15, 0.2) is 52.9 Å². The number of hydrogen-bond donors (Lipinski definition) is 1. The molecule has 0 bridgehead atoms. The monoisotopic (exact) mass is 342 g/mol. The Kier molecular flexibility index (Phi) is 6.54. The Bertz CT molecular complexity index is 757. The number of allylic oxidation sites excluding steroid dienone is 3. The highest BCUT2D eigenvalue weighted by atomic mass is 32.2. The maximum Gasteiger partial charge on any atom is 0.250 e. The van der Waals surface area contributed by atoms with Crippen molar-refractivity contribution in [2.24, 2.45) is 0 Å². The van der Waals surface area contributed by atoms with Crippen LogP contribution in [0.2, 0.25) is 0 Å². The van der Waals surface area contributed by atoms with Crippen molar-refractivity contribution in [1.82, 2.24) is 10.2 Å². The van der Waals surface area contributed by atoms with Crippen molar-refractivity contribution in [3.63, 3.8) is 0 Å². The second kappa shape index (κ2) is 8.88. The molecule has 0 aliphatic heterocycles. The van der Waals surface area contributed by atoms with Crippen molar-refractivity contribution in [2.75, 3.05) is 5.32 Å². The molecule has 7 heteroatoms. The Hall–Kier alpha value is -2.43. The normalized spacial score (nSPS) is 11.0. The molecule has 0 spiro atoms. The molecule has 116 valence electrons. The first-order chi connectivity index (χ1) is 11.2. The Morgan fingerprint density at radius 1 is 1.35 bits per heavy atom. The minimum Gasteiger partial charge on any atom is -0.297 e. The third-order valence-electron chi connectivity index (χ3n) is 2.63. The maximum absolute atomic E-state index is 11.6. The minimum absolute atomic E-state index is 0.233. The van der Waals surface area contributed by atoms with E-state index in [-0.39, 0.29) is 5.91 Å². The maximum atomic E-state index is 11.6. The number of amides is 1. The molecule has 2 rings (SSSR count). The van der Waals surface area contributed by atoms with Gasteiger partial charge in [0.1, 0.15) is 0 Å². The van der Waals surface area contributed by atoms with Gasteiger partial charge in [0.25, 0.3) is 0 Å². The number of benzene rings is 1. The Morgan fingerprint density at radius 3 is 2.83 bits per heavy atom. The quantitative estimate of drug-likeness (QED) is 0.374. The fraction of sp³-hybridized carbons (Fsp3) is 0.125. The van der Waals surface area contributed by atoms with Crippen LogP contribution >= 0.6 is 23.1 Å². The van der Waals surface area contributed by atoms with Crippen molar-refractivity contribution < 1.29 is 4.79 Å². The van der Waals surface area contributed by atoms with Crippen LogP contribution in [0.25, 0.3) is 0 Å². The first-order valence-electron chi connectivity index (χ1n) is 6.77. The predicted octanol–water partition coefficient (Wildman–Crippen LogP) is 3.77. The lowest BCUT2D eigenvalue weighted by atomic mass is 10.2. The first kappa shape index (κ1) is 16.9. The number of carbonyl (C=O) groups excluding carboxylic acids is 1. The van der Waals surface area contributed by atoms with E-state index in [2.05, 4.69) is 21.6 Å². The van der Waals surface area contributed by atoms with Gasteiger partial charge in [0, 0.05) is 11.8 Å². The van der Waals surface area contributed by atoms with E-state index in [1.165, 1.54) is 29.2 Å². The number of nitriles is 1. The van der Waals surface area contributed by atoms with Gasteiger partial charge in [-0.2, -0.15) is 5.26 Å². The van der Waals surface area contributed by atoms with Gasteiger partial charge in [0.05, 0.1) is 11.6 Å². The number of aromatic nitrogens is 2. The molecule has 0 aliphatic rings. The number of hydrogen-bond acceptors (Lipinski definition) is 6. The van der Waals surface area contributed by atoms with Crippen LogP contribution < -0.4 is 5.32 Å². The van der Waals surface area contributed by atoms with Crippen LogP contribution in [-0.2, 0) is 10.5 Å². The lowest BCUT2D eigenvalue weighted by molar-refractivity contribution is -0.111. The molecular formula is C16H14N4OS2. The molecule has 0 unspecified atom stereocenters. The topological polar surface area (TPSA) is 78.7 Å². The highest BCUT2D eigenvalue weighted by molar-refractivity contribution is 8.00. The lowest BCUT2D eigenvalue weighted by Gasteiger charge is -1.98. The molecule has 1 aromatic heterocycles. The molecule has 1 heterocycles. The minimum atomic E-state index is -0.233. The van der Waals surface area contributed by atoms with Gasteiger partial charge in [-0.05, 0) is 24.6 Å². The van der Waals surface area contributed by atoms with E-state index in [9.17, 15) is 4.79 Å². The third kappa shape index (κ3) is 5.70. The Morgan fingerprint density at radius 2 is 2.13 bits per heavy atom. The molecule has 23 heavy (non-hydrogen) atoms. The Labute approximate surface area is 142 Å².